The van der Waals surface area contributed by atoms with Crippen molar-refractivity contribution in [2.24, 2.45) is 0 Å². The average molecular weight is 231 g/mol. The first-order valence-corrected chi connectivity index (χ1v) is 6.72. The highest BCUT2D eigenvalue weighted by Gasteiger charge is 2.16. The first kappa shape index (κ1) is 12.2. The molecule has 2 heteroatoms. The Morgan fingerprint density at radius 3 is 2.94 bits per heavy atom. The maximum atomic E-state index is 12.1. The molecule has 2 nitrogen and oxygen atoms in total. The molecule has 17 heavy (non-hydrogen) atoms. The predicted molar refractivity (Wildman–Crippen MR) is 70.3 cm³/mol. The molecule has 0 spiro atoms. The fourth-order valence-corrected chi connectivity index (χ4v) is 2.47. The zero-order valence-electron chi connectivity index (χ0n) is 10.6. The molecule has 0 aliphatic heterocycles. The lowest BCUT2D eigenvalue weighted by Gasteiger charge is -2.18. The van der Waals surface area contributed by atoms with E-state index >= 15 is 0 Å². The molecule has 2 rings (SSSR count). The van der Waals surface area contributed by atoms with E-state index < -0.39 is 0 Å². The highest BCUT2D eigenvalue weighted by atomic mass is 16.1. The number of unbranched alkanes of at least 4 members (excludes halogenated alkanes) is 1. The monoisotopic (exact) mass is 231 g/mol. The van der Waals surface area contributed by atoms with Crippen LogP contribution in [-0.2, 0) is 12.8 Å². The zero-order valence-corrected chi connectivity index (χ0v) is 10.6. The maximum absolute atomic E-state index is 12.1. The number of benzene rings is 1. The quantitative estimate of drug-likeness (QED) is 0.793. The SMILES string of the molecule is CCCCNC(=O)c1cccc2c1CCCC2. The van der Waals surface area contributed by atoms with Crippen molar-refractivity contribution in [3.63, 3.8) is 0 Å². The topological polar surface area (TPSA) is 29.1 Å². The van der Waals surface area contributed by atoms with E-state index in [4.69, 9.17) is 0 Å². The van der Waals surface area contributed by atoms with E-state index in [1.54, 1.807) is 0 Å². The standard InChI is InChI=1S/C15H21NO/c1-2-3-11-16-15(17)14-10-6-8-12-7-4-5-9-13(12)14/h6,8,10H,2-5,7,9,11H2,1H3,(H,16,17). The molecule has 0 atom stereocenters. The molecule has 92 valence electrons. The second-order valence-corrected chi connectivity index (χ2v) is 4.76. The largest absolute Gasteiger partial charge is 0.352 e. The predicted octanol–water partition coefficient (Wildman–Crippen LogP) is 3.10. The number of amides is 1. The summed E-state index contributed by atoms with van der Waals surface area (Å²) in [7, 11) is 0. The summed E-state index contributed by atoms with van der Waals surface area (Å²) in [6.07, 6.45) is 6.84. The van der Waals surface area contributed by atoms with Crippen molar-refractivity contribution in [1.29, 1.82) is 0 Å². The van der Waals surface area contributed by atoms with Crippen LogP contribution in [0.3, 0.4) is 0 Å². The molecule has 1 aliphatic rings. The number of fused-ring (bicyclic) bond motifs is 1. The van der Waals surface area contributed by atoms with Crippen LogP contribution in [0.25, 0.3) is 0 Å². The number of aryl methyl sites for hydroxylation is 1. The Balaban J connectivity index is 2.12. The van der Waals surface area contributed by atoms with Gasteiger partial charge in [-0.2, -0.15) is 0 Å². The summed E-state index contributed by atoms with van der Waals surface area (Å²) in [5.74, 6) is 0.109. The van der Waals surface area contributed by atoms with Gasteiger partial charge in [0.1, 0.15) is 0 Å². The molecule has 1 aliphatic carbocycles. The van der Waals surface area contributed by atoms with Gasteiger partial charge in [0.2, 0.25) is 0 Å². The van der Waals surface area contributed by atoms with Gasteiger partial charge >= 0.3 is 0 Å². The van der Waals surface area contributed by atoms with Gasteiger partial charge in [-0.3, -0.25) is 4.79 Å². The van der Waals surface area contributed by atoms with Crippen molar-refractivity contribution < 1.29 is 4.79 Å². The maximum Gasteiger partial charge on any atom is 0.251 e. The summed E-state index contributed by atoms with van der Waals surface area (Å²) >= 11 is 0. The number of nitrogens with one attached hydrogen (secondary N) is 1. The molecule has 0 saturated carbocycles. The Labute approximate surface area is 103 Å². The van der Waals surface area contributed by atoms with Gasteiger partial charge in [0.05, 0.1) is 0 Å². The van der Waals surface area contributed by atoms with Crippen molar-refractivity contribution in [2.45, 2.75) is 45.4 Å². The summed E-state index contributed by atoms with van der Waals surface area (Å²) in [6.45, 7) is 2.93. The lowest BCUT2D eigenvalue weighted by Crippen LogP contribution is -2.26. The van der Waals surface area contributed by atoms with Gasteiger partial charge in [0.25, 0.3) is 5.91 Å². The molecule has 1 amide bonds. The van der Waals surface area contributed by atoms with Gasteiger partial charge in [-0.05, 0) is 49.3 Å². The van der Waals surface area contributed by atoms with Crippen LogP contribution in [0.4, 0.5) is 0 Å². The Morgan fingerprint density at radius 2 is 2.12 bits per heavy atom. The van der Waals surface area contributed by atoms with Gasteiger partial charge < -0.3 is 5.32 Å². The van der Waals surface area contributed by atoms with Crippen LogP contribution in [0.5, 0.6) is 0 Å². The van der Waals surface area contributed by atoms with E-state index in [1.807, 2.05) is 12.1 Å². The van der Waals surface area contributed by atoms with E-state index in [1.165, 1.54) is 24.0 Å². The molecule has 0 unspecified atom stereocenters. The van der Waals surface area contributed by atoms with Crippen LogP contribution < -0.4 is 5.32 Å². The Kier molecular flexibility index (Phi) is 4.18. The van der Waals surface area contributed by atoms with Gasteiger partial charge in [-0.25, -0.2) is 0 Å². The van der Waals surface area contributed by atoms with Crippen molar-refractivity contribution in [2.75, 3.05) is 6.54 Å². The second-order valence-electron chi connectivity index (χ2n) is 4.76. The fraction of sp³-hybridized carbons (Fsp3) is 0.533. The highest BCUT2D eigenvalue weighted by Crippen LogP contribution is 2.24. The van der Waals surface area contributed by atoms with E-state index in [0.29, 0.717) is 0 Å². The number of hydrogen-bond donors (Lipinski definition) is 1. The molecule has 0 aromatic heterocycles. The molecule has 0 fully saturated rings. The number of rotatable bonds is 4. The van der Waals surface area contributed by atoms with E-state index in [9.17, 15) is 4.79 Å². The fourth-order valence-electron chi connectivity index (χ4n) is 2.47. The third-order valence-corrected chi connectivity index (χ3v) is 3.46. The van der Waals surface area contributed by atoms with Crippen LogP contribution in [0.2, 0.25) is 0 Å². The Bertz CT molecular complexity index is 398. The number of carbonyl (C=O) groups excluding carboxylic acids is 1. The summed E-state index contributed by atoms with van der Waals surface area (Å²) < 4.78 is 0. The van der Waals surface area contributed by atoms with Crippen LogP contribution in [0, 0.1) is 0 Å². The average Bonchev–Trinajstić information content (AvgIpc) is 2.38. The van der Waals surface area contributed by atoms with E-state index in [-0.39, 0.29) is 5.91 Å². The van der Waals surface area contributed by atoms with Crippen molar-refractivity contribution in [1.82, 2.24) is 5.32 Å². The Morgan fingerprint density at radius 1 is 1.29 bits per heavy atom. The normalized spacial score (nSPS) is 14.2. The molecular formula is C15H21NO. The van der Waals surface area contributed by atoms with Gasteiger partial charge in [0, 0.05) is 12.1 Å². The van der Waals surface area contributed by atoms with Gasteiger partial charge in [0.15, 0.2) is 0 Å². The lowest BCUT2D eigenvalue weighted by molar-refractivity contribution is 0.0952. The number of carbonyl (C=O) groups is 1. The summed E-state index contributed by atoms with van der Waals surface area (Å²) in [5.41, 5.74) is 3.56. The van der Waals surface area contributed by atoms with Crippen molar-refractivity contribution >= 4 is 5.91 Å². The Hall–Kier alpha value is -1.31. The summed E-state index contributed by atoms with van der Waals surface area (Å²) in [6, 6.07) is 6.14. The van der Waals surface area contributed by atoms with Gasteiger partial charge in [-0.1, -0.05) is 25.5 Å². The smallest absolute Gasteiger partial charge is 0.251 e. The molecular weight excluding hydrogens is 210 g/mol. The molecule has 0 radical (unpaired) electrons. The van der Waals surface area contributed by atoms with Crippen LogP contribution >= 0.6 is 0 Å². The molecule has 0 saturated heterocycles. The highest BCUT2D eigenvalue weighted by molar-refractivity contribution is 5.96. The van der Waals surface area contributed by atoms with Gasteiger partial charge in [-0.15, -0.1) is 0 Å². The minimum atomic E-state index is 0.109. The first-order chi connectivity index (χ1) is 8.33. The molecule has 1 aromatic carbocycles. The lowest BCUT2D eigenvalue weighted by atomic mass is 9.88. The van der Waals surface area contributed by atoms with Crippen molar-refractivity contribution in [3.05, 3.63) is 34.9 Å². The zero-order chi connectivity index (χ0) is 12.1. The van der Waals surface area contributed by atoms with E-state index in [0.717, 1.165) is 37.8 Å². The van der Waals surface area contributed by atoms with Crippen LogP contribution in [-0.4, -0.2) is 12.5 Å². The van der Waals surface area contributed by atoms with Crippen LogP contribution in [0.1, 0.15) is 54.1 Å². The van der Waals surface area contributed by atoms with Crippen molar-refractivity contribution in [3.8, 4) is 0 Å². The third-order valence-electron chi connectivity index (χ3n) is 3.46. The first-order valence-electron chi connectivity index (χ1n) is 6.72. The molecule has 0 heterocycles. The minimum absolute atomic E-state index is 0.109. The summed E-state index contributed by atoms with van der Waals surface area (Å²) in [4.78, 5) is 12.1. The molecule has 1 N–H and O–H groups in total. The summed E-state index contributed by atoms with van der Waals surface area (Å²) in [5, 5.41) is 3.01. The third kappa shape index (κ3) is 2.87. The molecule has 1 aromatic rings. The van der Waals surface area contributed by atoms with E-state index in [2.05, 4.69) is 18.3 Å². The number of hydrogen-bond acceptors (Lipinski definition) is 1. The van der Waals surface area contributed by atoms with Crippen LogP contribution in [0.15, 0.2) is 18.2 Å². The second kappa shape index (κ2) is 5.85. The minimum Gasteiger partial charge on any atom is -0.352 e. The molecule has 0 bridgehead atoms.